The third kappa shape index (κ3) is 4.97. The van der Waals surface area contributed by atoms with E-state index in [1.54, 1.807) is 33.2 Å². The first-order valence-corrected chi connectivity index (χ1v) is 12.9. The van der Waals surface area contributed by atoms with Gasteiger partial charge in [-0.25, -0.2) is 0 Å². The number of pyridine rings is 1. The molecule has 1 aromatic rings. The fourth-order valence-corrected chi connectivity index (χ4v) is 6.31. The molecule has 2 heterocycles. The number of rotatable bonds is 5. The fourth-order valence-electron chi connectivity index (χ4n) is 6.31. The number of alkyl halides is 3. The SMILES string of the molecule is CC(C)(C)[C@H](NC(=O)C(F)(F)F)C(=O)N1C[C@H]2[C@@H]([C@H]1C(=O)NC(C#N)C1CCCc3ccncc31)C2(C)C. The summed E-state index contributed by atoms with van der Waals surface area (Å²) >= 11 is 0. The highest BCUT2D eigenvalue weighted by atomic mass is 19.4. The van der Waals surface area contributed by atoms with E-state index >= 15 is 0 Å². The fraction of sp³-hybridized carbons (Fsp3) is 0.667. The normalized spacial score (nSPS) is 27.3. The van der Waals surface area contributed by atoms with Crippen LogP contribution in [0.25, 0.3) is 0 Å². The lowest BCUT2D eigenvalue weighted by Crippen LogP contribution is -2.61. The Balaban J connectivity index is 1.59. The van der Waals surface area contributed by atoms with Crippen molar-refractivity contribution in [1.82, 2.24) is 20.5 Å². The molecule has 11 heteroatoms. The number of carbonyl (C=O) groups excluding carboxylic acids is 3. The Morgan fingerprint density at radius 2 is 1.89 bits per heavy atom. The quantitative estimate of drug-likeness (QED) is 0.604. The van der Waals surface area contributed by atoms with Crippen molar-refractivity contribution >= 4 is 17.7 Å². The van der Waals surface area contributed by atoms with Crippen molar-refractivity contribution in [3.05, 3.63) is 29.6 Å². The van der Waals surface area contributed by atoms with E-state index in [0.29, 0.717) is 6.42 Å². The number of piperidine rings is 1. The minimum atomic E-state index is -5.15. The van der Waals surface area contributed by atoms with E-state index in [9.17, 15) is 32.8 Å². The Morgan fingerprint density at radius 1 is 1.21 bits per heavy atom. The number of amides is 3. The van der Waals surface area contributed by atoms with Gasteiger partial charge >= 0.3 is 12.1 Å². The Bertz CT molecular complexity index is 1170. The highest BCUT2D eigenvalue weighted by Crippen LogP contribution is 2.65. The maximum Gasteiger partial charge on any atom is 0.471 e. The molecule has 0 bridgehead atoms. The van der Waals surface area contributed by atoms with Crippen LogP contribution in [0.2, 0.25) is 0 Å². The molecule has 1 aliphatic heterocycles. The van der Waals surface area contributed by atoms with E-state index in [0.717, 1.165) is 24.0 Å². The number of halogens is 3. The smallest absolute Gasteiger partial charge is 0.338 e. The standard InChI is InChI=1S/C27H34F3N5O3/c1-25(2,3)21(34-24(38)27(28,29)30)23(37)35-13-17-19(26(17,4)5)20(35)22(36)33-18(11-31)15-8-6-7-14-9-10-32-12-16(14)15/h9-10,12,15,17-21H,6-8,13H2,1-5H3,(H,33,36)(H,34,38)/t15?,17-,18?,19-,20-,21+/m0/s1. The van der Waals surface area contributed by atoms with E-state index in [1.807, 2.05) is 25.2 Å². The maximum absolute atomic E-state index is 13.7. The topological polar surface area (TPSA) is 115 Å². The van der Waals surface area contributed by atoms with Gasteiger partial charge in [-0.05, 0) is 59.1 Å². The summed E-state index contributed by atoms with van der Waals surface area (Å²) in [5.74, 6) is -3.92. The third-order valence-corrected chi connectivity index (χ3v) is 8.55. The summed E-state index contributed by atoms with van der Waals surface area (Å²) < 4.78 is 39.1. The molecule has 206 valence electrons. The molecule has 6 atom stereocenters. The second-order valence-electron chi connectivity index (χ2n) is 12.3. The number of hydrogen-bond donors (Lipinski definition) is 2. The summed E-state index contributed by atoms with van der Waals surface area (Å²) in [7, 11) is 0. The van der Waals surface area contributed by atoms with Gasteiger partial charge < -0.3 is 15.5 Å². The van der Waals surface area contributed by atoms with Crippen molar-refractivity contribution < 1.29 is 27.6 Å². The van der Waals surface area contributed by atoms with Gasteiger partial charge in [0.1, 0.15) is 18.1 Å². The molecule has 0 aromatic carbocycles. The van der Waals surface area contributed by atoms with Gasteiger partial charge in [0.25, 0.3) is 0 Å². The third-order valence-electron chi connectivity index (χ3n) is 8.55. The van der Waals surface area contributed by atoms with Crippen molar-refractivity contribution in [2.45, 2.75) is 84.1 Å². The van der Waals surface area contributed by atoms with Crippen molar-refractivity contribution in [2.24, 2.45) is 22.7 Å². The number of hydrogen-bond acceptors (Lipinski definition) is 5. The number of aryl methyl sites for hydroxylation is 1. The Kier molecular flexibility index (Phi) is 7.00. The zero-order chi connectivity index (χ0) is 28.2. The molecular formula is C27H34F3N5O3. The molecule has 3 aliphatic rings. The molecule has 0 spiro atoms. The van der Waals surface area contributed by atoms with Crippen LogP contribution in [0.4, 0.5) is 13.2 Å². The zero-order valence-corrected chi connectivity index (χ0v) is 22.2. The predicted octanol–water partition coefficient (Wildman–Crippen LogP) is 3.09. The number of carbonyl (C=O) groups is 3. The molecule has 2 aliphatic carbocycles. The van der Waals surface area contributed by atoms with Gasteiger partial charge in [0.2, 0.25) is 11.8 Å². The summed E-state index contributed by atoms with van der Waals surface area (Å²) in [6, 6.07) is 0.815. The van der Waals surface area contributed by atoms with E-state index in [4.69, 9.17) is 0 Å². The van der Waals surface area contributed by atoms with Gasteiger partial charge in [-0.1, -0.05) is 34.6 Å². The van der Waals surface area contributed by atoms with Gasteiger partial charge in [-0.3, -0.25) is 19.4 Å². The minimum absolute atomic E-state index is 0.0127. The number of likely N-dealkylation sites (tertiary alicyclic amines) is 1. The molecule has 1 saturated heterocycles. The van der Waals surface area contributed by atoms with Gasteiger partial charge in [-0.15, -0.1) is 0 Å². The molecule has 0 radical (unpaired) electrons. The van der Waals surface area contributed by atoms with Gasteiger partial charge in [0, 0.05) is 24.9 Å². The average molecular weight is 534 g/mol. The van der Waals surface area contributed by atoms with Gasteiger partial charge in [0.05, 0.1) is 6.07 Å². The second kappa shape index (κ2) is 9.54. The largest absolute Gasteiger partial charge is 0.471 e. The molecule has 8 nitrogen and oxygen atoms in total. The molecule has 1 aromatic heterocycles. The second-order valence-corrected chi connectivity index (χ2v) is 12.3. The van der Waals surface area contributed by atoms with Crippen LogP contribution < -0.4 is 10.6 Å². The van der Waals surface area contributed by atoms with Gasteiger partial charge in [0.15, 0.2) is 0 Å². The summed E-state index contributed by atoms with van der Waals surface area (Å²) in [6.45, 7) is 8.84. The van der Waals surface area contributed by atoms with Gasteiger partial charge in [-0.2, -0.15) is 18.4 Å². The first-order valence-electron chi connectivity index (χ1n) is 12.9. The van der Waals surface area contributed by atoms with Crippen LogP contribution in [0.5, 0.6) is 0 Å². The molecular weight excluding hydrogens is 499 g/mol. The van der Waals surface area contributed by atoms with Crippen molar-refractivity contribution in [1.29, 1.82) is 5.26 Å². The number of aromatic nitrogens is 1. The zero-order valence-electron chi connectivity index (χ0n) is 22.2. The molecule has 4 rings (SSSR count). The van der Waals surface area contributed by atoms with Crippen molar-refractivity contribution in [2.75, 3.05) is 6.54 Å². The Labute approximate surface area is 220 Å². The predicted molar refractivity (Wildman–Crippen MR) is 131 cm³/mol. The summed E-state index contributed by atoms with van der Waals surface area (Å²) in [5, 5.41) is 14.7. The first-order chi connectivity index (χ1) is 17.6. The summed E-state index contributed by atoms with van der Waals surface area (Å²) in [5.41, 5.74) is 0.710. The number of nitrogens with zero attached hydrogens (tertiary/aromatic N) is 3. The average Bonchev–Trinajstić information content (AvgIpc) is 3.16. The van der Waals surface area contributed by atoms with E-state index < -0.39 is 47.4 Å². The van der Waals surface area contributed by atoms with Crippen molar-refractivity contribution in [3.8, 4) is 6.07 Å². The summed E-state index contributed by atoms with van der Waals surface area (Å²) in [6.07, 6.45) is 0.674. The van der Waals surface area contributed by atoms with Crippen LogP contribution in [0.3, 0.4) is 0 Å². The first kappa shape index (κ1) is 27.9. The van der Waals surface area contributed by atoms with Crippen LogP contribution in [0, 0.1) is 34.0 Å². The van der Waals surface area contributed by atoms with Crippen LogP contribution in [-0.4, -0.2) is 58.5 Å². The Morgan fingerprint density at radius 3 is 2.50 bits per heavy atom. The number of nitriles is 1. The molecule has 1 saturated carbocycles. The van der Waals surface area contributed by atoms with Crippen molar-refractivity contribution in [3.63, 3.8) is 0 Å². The van der Waals surface area contributed by atoms with Crippen LogP contribution >= 0.6 is 0 Å². The molecule has 38 heavy (non-hydrogen) atoms. The monoisotopic (exact) mass is 533 g/mol. The lowest BCUT2D eigenvalue weighted by Gasteiger charge is -2.38. The molecule has 2 unspecified atom stereocenters. The Hall–Kier alpha value is -3.16. The highest BCUT2D eigenvalue weighted by molar-refractivity contribution is 5.95. The van der Waals surface area contributed by atoms with E-state index in [1.165, 1.54) is 4.90 Å². The van der Waals surface area contributed by atoms with Crippen LogP contribution in [0.15, 0.2) is 18.5 Å². The van der Waals surface area contributed by atoms with E-state index in [-0.39, 0.29) is 29.7 Å². The van der Waals surface area contributed by atoms with Crippen LogP contribution in [-0.2, 0) is 20.8 Å². The summed E-state index contributed by atoms with van der Waals surface area (Å²) in [4.78, 5) is 44.6. The van der Waals surface area contributed by atoms with Crippen LogP contribution in [0.1, 0.15) is 64.5 Å². The number of fused-ring (bicyclic) bond motifs is 2. The molecule has 2 N–H and O–H groups in total. The maximum atomic E-state index is 13.7. The minimum Gasteiger partial charge on any atom is -0.338 e. The molecule has 3 amide bonds. The molecule has 2 fully saturated rings. The lowest BCUT2D eigenvalue weighted by atomic mass is 9.80. The van der Waals surface area contributed by atoms with E-state index in [2.05, 4.69) is 16.4 Å². The lowest BCUT2D eigenvalue weighted by molar-refractivity contribution is -0.176. The highest BCUT2D eigenvalue weighted by Gasteiger charge is 2.70. The number of nitrogens with one attached hydrogen (secondary N) is 2.